The quantitative estimate of drug-likeness (QED) is 0.831. The highest BCUT2D eigenvalue weighted by molar-refractivity contribution is 7.16. The van der Waals surface area contributed by atoms with Crippen LogP contribution in [0.5, 0.6) is 0 Å². The maximum atomic E-state index is 12.4. The molecule has 0 unspecified atom stereocenters. The largest absolute Gasteiger partial charge is 0.343 e. The number of hydrogen-bond donors (Lipinski definition) is 1. The molecule has 144 valence electrons. The maximum absolute atomic E-state index is 12.4. The molecule has 1 aliphatic heterocycles. The van der Waals surface area contributed by atoms with Gasteiger partial charge in [0, 0.05) is 43.2 Å². The minimum Gasteiger partial charge on any atom is -0.343 e. The van der Waals surface area contributed by atoms with E-state index in [4.69, 9.17) is 11.6 Å². The van der Waals surface area contributed by atoms with E-state index in [0.29, 0.717) is 18.7 Å². The summed E-state index contributed by atoms with van der Waals surface area (Å²) in [6.45, 7) is 7.89. The van der Waals surface area contributed by atoms with Crippen LogP contribution in [0.25, 0.3) is 0 Å². The normalized spacial score (nSPS) is 15.0. The van der Waals surface area contributed by atoms with E-state index < -0.39 is 0 Å². The molecule has 0 saturated carbocycles. The lowest BCUT2D eigenvalue weighted by molar-refractivity contribution is -0.131. The topological polar surface area (TPSA) is 52.7 Å². The van der Waals surface area contributed by atoms with Crippen LogP contribution in [0.2, 0.25) is 4.34 Å². The second-order valence-electron chi connectivity index (χ2n) is 6.84. The van der Waals surface area contributed by atoms with Gasteiger partial charge in [0.1, 0.15) is 0 Å². The SMILES string of the molecule is Cc1ccc(C(=O)NCC(=O)N2CCN(Cc3ccc(Cl)s3)CC2)cc1C. The summed E-state index contributed by atoms with van der Waals surface area (Å²) < 4.78 is 0.804. The van der Waals surface area contributed by atoms with Crippen molar-refractivity contribution in [3.05, 3.63) is 56.2 Å². The minimum atomic E-state index is -0.209. The second kappa shape index (κ2) is 8.87. The molecular weight excluding hydrogens is 382 g/mol. The van der Waals surface area contributed by atoms with Crippen molar-refractivity contribution in [2.75, 3.05) is 32.7 Å². The fourth-order valence-corrected chi connectivity index (χ4v) is 4.19. The minimum absolute atomic E-state index is 0.0340. The molecule has 27 heavy (non-hydrogen) atoms. The van der Waals surface area contributed by atoms with E-state index in [1.165, 1.54) is 4.88 Å². The number of carbonyl (C=O) groups excluding carboxylic acids is 2. The molecule has 0 spiro atoms. The molecule has 1 aromatic carbocycles. The zero-order valence-electron chi connectivity index (χ0n) is 15.6. The van der Waals surface area contributed by atoms with Gasteiger partial charge in [0.25, 0.3) is 5.91 Å². The van der Waals surface area contributed by atoms with Crippen molar-refractivity contribution in [3.8, 4) is 0 Å². The van der Waals surface area contributed by atoms with Crippen LogP contribution < -0.4 is 5.32 Å². The molecule has 0 aliphatic carbocycles. The van der Waals surface area contributed by atoms with Crippen LogP contribution >= 0.6 is 22.9 Å². The van der Waals surface area contributed by atoms with E-state index in [1.54, 1.807) is 17.4 Å². The summed E-state index contributed by atoms with van der Waals surface area (Å²) in [6.07, 6.45) is 0. The van der Waals surface area contributed by atoms with E-state index in [-0.39, 0.29) is 18.4 Å². The Kier molecular flexibility index (Phi) is 6.52. The highest BCUT2D eigenvalue weighted by Crippen LogP contribution is 2.23. The van der Waals surface area contributed by atoms with E-state index in [2.05, 4.69) is 10.2 Å². The molecule has 1 aliphatic rings. The maximum Gasteiger partial charge on any atom is 0.251 e. The number of hydrogen-bond acceptors (Lipinski definition) is 4. The third kappa shape index (κ3) is 5.31. The van der Waals surface area contributed by atoms with Gasteiger partial charge in [0.05, 0.1) is 10.9 Å². The molecule has 3 rings (SSSR count). The van der Waals surface area contributed by atoms with Gasteiger partial charge < -0.3 is 10.2 Å². The van der Waals surface area contributed by atoms with Crippen molar-refractivity contribution in [2.24, 2.45) is 0 Å². The molecule has 0 radical (unpaired) electrons. The predicted molar refractivity (Wildman–Crippen MR) is 109 cm³/mol. The van der Waals surface area contributed by atoms with Gasteiger partial charge in [-0.1, -0.05) is 17.7 Å². The van der Waals surface area contributed by atoms with E-state index in [1.807, 2.05) is 43.0 Å². The van der Waals surface area contributed by atoms with Crippen LogP contribution in [0.3, 0.4) is 0 Å². The monoisotopic (exact) mass is 405 g/mol. The molecule has 0 bridgehead atoms. The van der Waals surface area contributed by atoms with Crippen LogP contribution in [-0.2, 0) is 11.3 Å². The third-order valence-corrected chi connectivity index (χ3v) is 6.12. The molecule has 2 heterocycles. The standard InChI is InChI=1S/C20H24ClN3O2S/c1-14-3-4-16(11-15(14)2)20(26)22-12-19(25)24-9-7-23(8-10-24)13-17-5-6-18(21)27-17/h3-6,11H,7-10,12-13H2,1-2H3,(H,22,26). The van der Waals surface area contributed by atoms with E-state index >= 15 is 0 Å². The van der Waals surface area contributed by atoms with Gasteiger partial charge in [0.15, 0.2) is 0 Å². The molecule has 1 N–H and O–H groups in total. The van der Waals surface area contributed by atoms with E-state index in [9.17, 15) is 9.59 Å². The number of nitrogens with zero attached hydrogens (tertiary/aromatic N) is 2. The Hall–Kier alpha value is -1.89. The second-order valence-corrected chi connectivity index (χ2v) is 8.64. The number of nitrogens with one attached hydrogen (secondary N) is 1. The number of amides is 2. The van der Waals surface area contributed by atoms with Crippen molar-refractivity contribution in [2.45, 2.75) is 20.4 Å². The van der Waals surface area contributed by atoms with Gasteiger partial charge in [-0.25, -0.2) is 0 Å². The molecule has 2 amide bonds. The lowest BCUT2D eigenvalue weighted by Gasteiger charge is -2.34. The molecule has 2 aromatic rings. The number of rotatable bonds is 5. The first kappa shape index (κ1) is 19.9. The van der Waals surface area contributed by atoms with Crippen molar-refractivity contribution in [3.63, 3.8) is 0 Å². The number of halogens is 1. The number of piperazine rings is 1. The third-order valence-electron chi connectivity index (χ3n) is 4.90. The van der Waals surface area contributed by atoms with Crippen molar-refractivity contribution in [1.82, 2.24) is 15.1 Å². The predicted octanol–water partition coefficient (Wildman–Crippen LogP) is 3.09. The Morgan fingerprint density at radius 1 is 1.07 bits per heavy atom. The Labute approximate surface area is 168 Å². The number of aryl methyl sites for hydroxylation is 2. The summed E-state index contributed by atoms with van der Waals surface area (Å²) in [4.78, 5) is 30.0. The lowest BCUT2D eigenvalue weighted by atomic mass is 10.1. The first-order valence-corrected chi connectivity index (χ1v) is 10.2. The summed E-state index contributed by atoms with van der Waals surface area (Å²) in [5.74, 6) is -0.245. The number of carbonyl (C=O) groups is 2. The summed E-state index contributed by atoms with van der Waals surface area (Å²) in [6, 6.07) is 9.53. The summed E-state index contributed by atoms with van der Waals surface area (Å²) in [5.41, 5.74) is 2.80. The summed E-state index contributed by atoms with van der Waals surface area (Å²) >= 11 is 7.57. The molecule has 5 nitrogen and oxygen atoms in total. The van der Waals surface area contributed by atoms with Gasteiger partial charge in [-0.2, -0.15) is 0 Å². The Morgan fingerprint density at radius 2 is 1.81 bits per heavy atom. The van der Waals surface area contributed by atoms with E-state index in [0.717, 1.165) is 35.1 Å². The lowest BCUT2D eigenvalue weighted by Crippen LogP contribution is -2.50. The van der Waals surface area contributed by atoms with Crippen molar-refractivity contribution in [1.29, 1.82) is 0 Å². The number of thiophene rings is 1. The highest BCUT2D eigenvalue weighted by Gasteiger charge is 2.22. The molecular formula is C20H24ClN3O2S. The van der Waals surface area contributed by atoms with Crippen molar-refractivity contribution < 1.29 is 9.59 Å². The molecule has 1 saturated heterocycles. The smallest absolute Gasteiger partial charge is 0.251 e. The fraction of sp³-hybridized carbons (Fsp3) is 0.400. The highest BCUT2D eigenvalue weighted by atomic mass is 35.5. The summed E-state index contributed by atoms with van der Waals surface area (Å²) in [5, 5.41) is 2.74. The van der Waals surface area contributed by atoms with Crippen molar-refractivity contribution >= 4 is 34.8 Å². The van der Waals surface area contributed by atoms with Gasteiger partial charge in [-0.05, 0) is 49.2 Å². The Balaban J connectivity index is 1.43. The fourth-order valence-electron chi connectivity index (χ4n) is 3.06. The zero-order chi connectivity index (χ0) is 19.4. The molecule has 1 fully saturated rings. The first-order chi connectivity index (χ1) is 12.9. The van der Waals surface area contributed by atoms with Gasteiger partial charge in [-0.15, -0.1) is 11.3 Å². The zero-order valence-corrected chi connectivity index (χ0v) is 17.2. The Bertz CT molecular complexity index is 828. The first-order valence-electron chi connectivity index (χ1n) is 9.02. The average Bonchev–Trinajstić information content (AvgIpc) is 3.07. The Morgan fingerprint density at radius 3 is 2.44 bits per heavy atom. The van der Waals surface area contributed by atoms with Crippen LogP contribution in [0.15, 0.2) is 30.3 Å². The van der Waals surface area contributed by atoms with Gasteiger partial charge in [-0.3, -0.25) is 14.5 Å². The van der Waals surface area contributed by atoms with Gasteiger partial charge >= 0.3 is 0 Å². The molecule has 1 aromatic heterocycles. The molecule has 0 atom stereocenters. The van der Waals surface area contributed by atoms with Crippen LogP contribution in [0.4, 0.5) is 0 Å². The van der Waals surface area contributed by atoms with Crippen LogP contribution in [0, 0.1) is 13.8 Å². The van der Waals surface area contributed by atoms with Crippen LogP contribution in [-0.4, -0.2) is 54.3 Å². The van der Waals surface area contributed by atoms with Gasteiger partial charge in [0.2, 0.25) is 5.91 Å². The average molecular weight is 406 g/mol. The van der Waals surface area contributed by atoms with Crippen LogP contribution in [0.1, 0.15) is 26.4 Å². The molecule has 7 heteroatoms. The number of benzene rings is 1. The summed E-state index contributed by atoms with van der Waals surface area (Å²) in [7, 11) is 0.